The summed E-state index contributed by atoms with van der Waals surface area (Å²) in [7, 11) is 0. The summed E-state index contributed by atoms with van der Waals surface area (Å²) in [6, 6.07) is 21.2. The molecule has 1 nitrogen and oxygen atoms in total. The molecule has 11 rings (SSSR count). The molecule has 0 saturated heterocycles. The average molecular weight is 650 g/mol. The molecule has 2 heteroatoms. The largest absolute Gasteiger partial charge is 0.313 e. The lowest BCUT2D eigenvalue weighted by molar-refractivity contribution is 0.665. The molecule has 6 aliphatic rings. The van der Waals surface area contributed by atoms with Crippen LogP contribution in [0.5, 0.6) is 0 Å². The quantitative estimate of drug-likeness (QED) is 0.179. The van der Waals surface area contributed by atoms with Crippen molar-refractivity contribution in [2.45, 2.75) is 64.2 Å². The average Bonchev–Trinajstić information content (AvgIpc) is 3.76. The predicted octanol–water partition coefficient (Wildman–Crippen LogP) is 12.5. The second-order valence-corrected chi connectivity index (χ2v) is 16.5. The molecule has 2 aromatic heterocycles. The minimum absolute atomic E-state index is 0.0749. The van der Waals surface area contributed by atoms with Crippen LogP contribution in [0, 0.1) is 5.92 Å². The smallest absolute Gasteiger partial charge is 0.0537 e. The highest BCUT2D eigenvalue weighted by Gasteiger charge is 2.39. The molecule has 0 N–H and O–H groups in total. The number of rotatable bonds is 2. The predicted molar refractivity (Wildman–Crippen MR) is 209 cm³/mol. The molecular formula is C47H39NS. The van der Waals surface area contributed by atoms with Crippen molar-refractivity contribution < 1.29 is 0 Å². The van der Waals surface area contributed by atoms with E-state index in [4.69, 9.17) is 0 Å². The Balaban J connectivity index is 1.02. The Morgan fingerprint density at radius 3 is 2.63 bits per heavy atom. The van der Waals surface area contributed by atoms with Crippen LogP contribution in [0.15, 0.2) is 125 Å². The number of hydrogen-bond donors (Lipinski definition) is 0. The summed E-state index contributed by atoms with van der Waals surface area (Å²) in [5.74, 6) is 0.504. The second-order valence-electron chi connectivity index (χ2n) is 15.3. The van der Waals surface area contributed by atoms with E-state index in [0.29, 0.717) is 5.92 Å². The molecule has 0 saturated carbocycles. The molecule has 1 unspecified atom stereocenters. The van der Waals surface area contributed by atoms with E-state index in [1.54, 1.807) is 16.0 Å². The first-order chi connectivity index (χ1) is 24.0. The van der Waals surface area contributed by atoms with Gasteiger partial charge in [0.2, 0.25) is 0 Å². The van der Waals surface area contributed by atoms with Gasteiger partial charge in [-0.1, -0.05) is 92.8 Å². The standard InChI is InChI=1S/C47H39NS/c1-47(2)40-27-32(19-21-35(40)37-22-24-44-45(46(37)47)38-12-6-8-14-43(38)49-44)48-41-13-7-5-11-36(41)39-26-30(18-23-42(39)48)29-17-20-34-31(25-29)16-15-28-9-3-4-10-33(28)34/h3,5-7,9,11-13,15-17,19-22,24,26-27,31H,4,8,10,14,18,23,25H2,1-2H3. The molecule has 1 atom stereocenters. The third-order valence-corrected chi connectivity index (χ3v) is 13.6. The zero-order valence-corrected chi connectivity index (χ0v) is 29.1. The Kier molecular flexibility index (Phi) is 5.86. The van der Waals surface area contributed by atoms with Gasteiger partial charge >= 0.3 is 0 Å². The van der Waals surface area contributed by atoms with Crippen LogP contribution in [0.25, 0.3) is 50.0 Å². The van der Waals surface area contributed by atoms with Crippen LogP contribution in [-0.2, 0) is 18.3 Å². The lowest BCUT2D eigenvalue weighted by atomic mass is 9.73. The molecule has 5 aromatic rings. The van der Waals surface area contributed by atoms with Gasteiger partial charge in [0.15, 0.2) is 0 Å². The fourth-order valence-corrected chi connectivity index (χ4v) is 11.3. The monoisotopic (exact) mass is 649 g/mol. The molecule has 0 bridgehead atoms. The highest BCUT2D eigenvalue weighted by molar-refractivity contribution is 7.19. The number of aromatic nitrogens is 1. The van der Waals surface area contributed by atoms with Crippen molar-refractivity contribution >= 4 is 44.5 Å². The number of allylic oxidation sites excluding steroid dienone is 12. The summed E-state index contributed by atoms with van der Waals surface area (Å²) < 4.78 is 4.03. The third-order valence-electron chi connectivity index (χ3n) is 12.4. The van der Waals surface area contributed by atoms with Crippen molar-refractivity contribution in [2.24, 2.45) is 5.92 Å². The van der Waals surface area contributed by atoms with Crippen molar-refractivity contribution in [3.8, 4) is 16.8 Å². The van der Waals surface area contributed by atoms with Crippen molar-refractivity contribution in [3.05, 3.63) is 158 Å². The van der Waals surface area contributed by atoms with E-state index in [2.05, 4.69) is 128 Å². The number of thiophene rings is 1. The maximum absolute atomic E-state index is 2.59. The van der Waals surface area contributed by atoms with Gasteiger partial charge in [0.05, 0.1) is 5.52 Å². The van der Waals surface area contributed by atoms with Crippen molar-refractivity contribution in [1.82, 2.24) is 4.57 Å². The molecule has 2 heterocycles. The first-order valence-corrected chi connectivity index (χ1v) is 19.1. The number of para-hydroxylation sites is 1. The molecule has 0 fully saturated rings. The SMILES string of the molecule is CC1(C)c2cc(-n3c4c(c5ccccc53)C=C(C3=CC=C5C6=C(C=CCC6)C=CC5C3)CC4)ccc2-c2ccc3sc4c(c3c21)C=CCC4. The zero-order valence-electron chi connectivity index (χ0n) is 28.3. The minimum Gasteiger partial charge on any atom is -0.313 e. The first-order valence-electron chi connectivity index (χ1n) is 18.3. The van der Waals surface area contributed by atoms with E-state index in [1.807, 2.05) is 11.3 Å². The van der Waals surface area contributed by atoms with Gasteiger partial charge in [0.25, 0.3) is 0 Å². The molecule has 0 radical (unpaired) electrons. The molecule has 3 aromatic carbocycles. The Morgan fingerprint density at radius 2 is 1.67 bits per heavy atom. The minimum atomic E-state index is -0.0749. The van der Waals surface area contributed by atoms with Gasteiger partial charge in [-0.15, -0.1) is 11.3 Å². The van der Waals surface area contributed by atoms with Gasteiger partial charge in [0.1, 0.15) is 0 Å². The Labute approximate surface area is 292 Å². The second kappa shape index (κ2) is 10.2. The summed E-state index contributed by atoms with van der Waals surface area (Å²) in [5, 5.41) is 2.86. The van der Waals surface area contributed by atoms with Crippen LogP contribution in [-0.4, -0.2) is 4.57 Å². The highest BCUT2D eigenvalue weighted by Crippen LogP contribution is 2.55. The van der Waals surface area contributed by atoms with Gasteiger partial charge in [-0.2, -0.15) is 0 Å². The van der Waals surface area contributed by atoms with Gasteiger partial charge in [-0.25, -0.2) is 0 Å². The van der Waals surface area contributed by atoms with Gasteiger partial charge in [0, 0.05) is 48.6 Å². The maximum Gasteiger partial charge on any atom is 0.0537 e. The molecule has 0 amide bonds. The van der Waals surface area contributed by atoms with Crippen molar-refractivity contribution in [2.75, 3.05) is 0 Å². The lowest BCUT2D eigenvalue weighted by Gasteiger charge is -2.31. The molecule has 0 aliphatic heterocycles. The van der Waals surface area contributed by atoms with Crippen LogP contribution in [0.4, 0.5) is 0 Å². The van der Waals surface area contributed by atoms with E-state index in [1.165, 1.54) is 95.3 Å². The molecule has 49 heavy (non-hydrogen) atoms. The summed E-state index contributed by atoms with van der Waals surface area (Å²) in [4.78, 5) is 1.56. The van der Waals surface area contributed by atoms with Crippen LogP contribution in [0.3, 0.4) is 0 Å². The van der Waals surface area contributed by atoms with E-state index >= 15 is 0 Å². The highest BCUT2D eigenvalue weighted by atomic mass is 32.1. The number of nitrogens with zero attached hydrogens (tertiary/aromatic N) is 1. The van der Waals surface area contributed by atoms with Crippen LogP contribution in [0.2, 0.25) is 0 Å². The number of hydrogen-bond acceptors (Lipinski definition) is 1. The number of fused-ring (bicyclic) bond motifs is 12. The summed E-state index contributed by atoms with van der Waals surface area (Å²) in [5.41, 5.74) is 20.3. The Bertz CT molecular complexity index is 2540. The zero-order chi connectivity index (χ0) is 32.4. The maximum atomic E-state index is 2.59. The van der Waals surface area contributed by atoms with Gasteiger partial charge in [-0.05, 0) is 131 Å². The summed E-state index contributed by atoms with van der Waals surface area (Å²) >= 11 is 2.01. The van der Waals surface area contributed by atoms with Crippen LogP contribution in [0.1, 0.15) is 78.8 Å². The Morgan fingerprint density at radius 1 is 0.796 bits per heavy atom. The Hall–Kier alpha value is -4.66. The topological polar surface area (TPSA) is 4.93 Å². The first kappa shape index (κ1) is 28.2. The van der Waals surface area contributed by atoms with Gasteiger partial charge < -0.3 is 4.57 Å². The summed E-state index contributed by atoms with van der Waals surface area (Å²) in [6.07, 6.45) is 29.6. The van der Waals surface area contributed by atoms with E-state index in [0.717, 1.165) is 32.1 Å². The normalized spacial score (nSPS) is 21.1. The molecule has 0 spiro atoms. The van der Waals surface area contributed by atoms with Gasteiger partial charge in [-0.3, -0.25) is 0 Å². The van der Waals surface area contributed by atoms with Crippen molar-refractivity contribution in [1.29, 1.82) is 0 Å². The van der Waals surface area contributed by atoms with E-state index in [-0.39, 0.29) is 5.41 Å². The molecule has 6 aliphatic carbocycles. The molecular weight excluding hydrogens is 611 g/mol. The third kappa shape index (κ3) is 3.93. The fourth-order valence-electron chi connectivity index (χ4n) is 10.1. The number of aryl methyl sites for hydroxylation is 1. The molecule has 238 valence electrons. The van der Waals surface area contributed by atoms with Crippen LogP contribution < -0.4 is 0 Å². The van der Waals surface area contributed by atoms with Crippen molar-refractivity contribution in [3.63, 3.8) is 0 Å². The van der Waals surface area contributed by atoms with E-state index < -0.39 is 0 Å². The summed E-state index contributed by atoms with van der Waals surface area (Å²) in [6.45, 7) is 4.91. The van der Waals surface area contributed by atoms with E-state index in [9.17, 15) is 0 Å². The lowest BCUT2D eigenvalue weighted by Crippen LogP contribution is -2.17. The number of benzene rings is 3. The fraction of sp³-hybridized carbons (Fsp3) is 0.234. The van der Waals surface area contributed by atoms with Crippen LogP contribution >= 0.6 is 11.3 Å².